The molecule has 1 aromatic heterocycles. The Hall–Kier alpha value is -2.90. The molecule has 0 saturated carbocycles. The molecule has 8 heteroatoms. The van der Waals surface area contributed by atoms with Crippen LogP contribution in [0.5, 0.6) is 0 Å². The van der Waals surface area contributed by atoms with Gasteiger partial charge in [0.1, 0.15) is 12.1 Å². The van der Waals surface area contributed by atoms with Gasteiger partial charge in [0.15, 0.2) is 0 Å². The number of hydrogen-bond acceptors (Lipinski definition) is 3. The van der Waals surface area contributed by atoms with Gasteiger partial charge in [0.2, 0.25) is 5.95 Å². The third kappa shape index (κ3) is 3.31. The van der Waals surface area contributed by atoms with Crippen molar-refractivity contribution in [2.24, 2.45) is 0 Å². The van der Waals surface area contributed by atoms with Crippen LogP contribution < -0.4 is 5.32 Å². The average molecular weight is 322 g/mol. The van der Waals surface area contributed by atoms with E-state index in [1.165, 1.54) is 36.7 Å². The van der Waals surface area contributed by atoms with Crippen LogP contribution in [0, 0.1) is 5.82 Å². The van der Waals surface area contributed by atoms with Crippen LogP contribution in [-0.2, 0) is 6.18 Å². The van der Waals surface area contributed by atoms with Gasteiger partial charge in [-0.1, -0.05) is 12.1 Å². The van der Waals surface area contributed by atoms with Crippen LogP contribution in [0.1, 0.15) is 5.56 Å². The number of rotatable bonds is 3. The van der Waals surface area contributed by atoms with Crippen molar-refractivity contribution in [1.29, 1.82) is 0 Å². The number of nitrogens with zero attached hydrogens (tertiary/aromatic N) is 2. The number of benzene rings is 2. The van der Waals surface area contributed by atoms with Crippen molar-refractivity contribution < 1.29 is 17.6 Å². The first-order chi connectivity index (χ1) is 10.9. The smallest absolute Gasteiger partial charge is 0.322 e. The molecule has 0 spiro atoms. The number of halogens is 4. The van der Waals surface area contributed by atoms with Crippen molar-refractivity contribution in [2.45, 2.75) is 6.18 Å². The zero-order valence-corrected chi connectivity index (χ0v) is 11.5. The number of anilines is 2. The van der Waals surface area contributed by atoms with Crippen LogP contribution in [0.4, 0.5) is 29.2 Å². The van der Waals surface area contributed by atoms with Crippen molar-refractivity contribution in [3.8, 4) is 11.1 Å². The fourth-order valence-electron chi connectivity index (χ4n) is 2.12. The number of nitrogens with one attached hydrogen (secondary N) is 2. The predicted octanol–water partition coefficient (Wildman–Crippen LogP) is 4.37. The summed E-state index contributed by atoms with van der Waals surface area (Å²) in [6.45, 7) is 0. The Morgan fingerprint density at radius 1 is 1.04 bits per heavy atom. The summed E-state index contributed by atoms with van der Waals surface area (Å²) < 4.78 is 52.1. The third-order valence-corrected chi connectivity index (χ3v) is 3.14. The molecule has 0 fully saturated rings. The SMILES string of the molecule is Fc1ccc(-c2cccc(C(F)(F)F)c2)c(Nc2nc[nH]n2)c1. The van der Waals surface area contributed by atoms with E-state index in [0.29, 0.717) is 11.1 Å². The molecule has 2 N–H and O–H groups in total. The summed E-state index contributed by atoms with van der Waals surface area (Å²) in [6, 6.07) is 8.57. The van der Waals surface area contributed by atoms with E-state index >= 15 is 0 Å². The summed E-state index contributed by atoms with van der Waals surface area (Å²) in [4.78, 5) is 3.85. The number of aromatic amines is 1. The summed E-state index contributed by atoms with van der Waals surface area (Å²) in [5.74, 6) is -0.345. The maximum Gasteiger partial charge on any atom is 0.416 e. The van der Waals surface area contributed by atoms with E-state index < -0.39 is 17.6 Å². The van der Waals surface area contributed by atoms with Crippen molar-refractivity contribution in [3.63, 3.8) is 0 Å². The summed E-state index contributed by atoms with van der Waals surface area (Å²) in [5.41, 5.74) is 0.201. The summed E-state index contributed by atoms with van der Waals surface area (Å²) in [7, 11) is 0. The standard InChI is InChI=1S/C15H10F4N4/c16-11-4-5-12(13(7-11)22-14-20-8-21-23-14)9-2-1-3-10(6-9)15(17,18)19/h1-8H,(H2,20,21,22,23). The quantitative estimate of drug-likeness (QED) is 0.704. The second-order valence-electron chi connectivity index (χ2n) is 4.72. The fraction of sp³-hybridized carbons (Fsp3) is 0.0667. The zero-order valence-electron chi connectivity index (χ0n) is 11.5. The second kappa shape index (κ2) is 5.71. The zero-order chi connectivity index (χ0) is 16.4. The molecule has 0 bridgehead atoms. The largest absolute Gasteiger partial charge is 0.416 e. The summed E-state index contributed by atoms with van der Waals surface area (Å²) in [6.07, 6.45) is -3.13. The minimum Gasteiger partial charge on any atom is -0.322 e. The number of H-pyrrole nitrogens is 1. The van der Waals surface area contributed by atoms with Gasteiger partial charge in [-0.25, -0.2) is 9.37 Å². The van der Waals surface area contributed by atoms with E-state index in [1.807, 2.05) is 0 Å². The normalized spacial score (nSPS) is 11.5. The first-order valence-corrected chi connectivity index (χ1v) is 6.53. The van der Waals surface area contributed by atoms with Crippen molar-refractivity contribution in [2.75, 3.05) is 5.32 Å². The van der Waals surface area contributed by atoms with Gasteiger partial charge in [-0.3, -0.25) is 5.10 Å². The van der Waals surface area contributed by atoms with E-state index in [4.69, 9.17) is 0 Å². The molecule has 118 valence electrons. The van der Waals surface area contributed by atoms with E-state index in [0.717, 1.165) is 12.1 Å². The molecule has 23 heavy (non-hydrogen) atoms. The highest BCUT2D eigenvalue weighted by atomic mass is 19.4. The number of aromatic nitrogens is 3. The highest BCUT2D eigenvalue weighted by molar-refractivity contribution is 5.80. The Kier molecular flexibility index (Phi) is 3.73. The van der Waals surface area contributed by atoms with Gasteiger partial charge >= 0.3 is 6.18 Å². The van der Waals surface area contributed by atoms with Gasteiger partial charge in [0.05, 0.1) is 11.3 Å². The monoisotopic (exact) mass is 322 g/mol. The van der Waals surface area contributed by atoms with Gasteiger partial charge < -0.3 is 5.32 Å². The molecule has 3 rings (SSSR count). The van der Waals surface area contributed by atoms with Crippen LogP contribution in [0.3, 0.4) is 0 Å². The Labute approximate surface area is 128 Å². The molecule has 0 aliphatic carbocycles. The summed E-state index contributed by atoms with van der Waals surface area (Å²) in [5, 5.41) is 9.05. The van der Waals surface area contributed by atoms with Gasteiger partial charge in [-0.15, -0.1) is 5.10 Å². The lowest BCUT2D eigenvalue weighted by Gasteiger charge is -2.13. The van der Waals surface area contributed by atoms with Crippen LogP contribution in [0.2, 0.25) is 0 Å². The van der Waals surface area contributed by atoms with Crippen LogP contribution >= 0.6 is 0 Å². The van der Waals surface area contributed by atoms with E-state index in [-0.39, 0.29) is 11.6 Å². The molecule has 0 amide bonds. The molecule has 4 nitrogen and oxygen atoms in total. The minimum atomic E-state index is -4.45. The lowest BCUT2D eigenvalue weighted by molar-refractivity contribution is -0.137. The molecule has 0 radical (unpaired) electrons. The molecule has 0 atom stereocenters. The fourth-order valence-corrected chi connectivity index (χ4v) is 2.12. The van der Waals surface area contributed by atoms with Crippen LogP contribution in [-0.4, -0.2) is 15.2 Å². The molecular formula is C15H10F4N4. The van der Waals surface area contributed by atoms with Crippen molar-refractivity contribution in [1.82, 2.24) is 15.2 Å². The summed E-state index contributed by atoms with van der Waals surface area (Å²) >= 11 is 0. The molecule has 3 aromatic rings. The van der Waals surface area contributed by atoms with E-state index in [1.54, 1.807) is 0 Å². The molecule has 0 unspecified atom stereocenters. The van der Waals surface area contributed by atoms with Gasteiger partial charge in [-0.2, -0.15) is 13.2 Å². The Balaban J connectivity index is 2.06. The number of hydrogen-bond donors (Lipinski definition) is 2. The van der Waals surface area contributed by atoms with Crippen molar-refractivity contribution >= 4 is 11.6 Å². The minimum absolute atomic E-state index is 0.184. The lowest BCUT2D eigenvalue weighted by atomic mass is 10.0. The lowest BCUT2D eigenvalue weighted by Crippen LogP contribution is -2.04. The molecular weight excluding hydrogens is 312 g/mol. The van der Waals surface area contributed by atoms with Crippen LogP contribution in [0.25, 0.3) is 11.1 Å². The maximum atomic E-state index is 13.5. The van der Waals surface area contributed by atoms with Gasteiger partial charge in [0.25, 0.3) is 0 Å². The first-order valence-electron chi connectivity index (χ1n) is 6.53. The Morgan fingerprint density at radius 2 is 1.87 bits per heavy atom. The number of alkyl halides is 3. The highest BCUT2D eigenvalue weighted by Gasteiger charge is 2.30. The van der Waals surface area contributed by atoms with Crippen molar-refractivity contribution in [3.05, 3.63) is 60.2 Å². The topological polar surface area (TPSA) is 53.6 Å². The van der Waals surface area contributed by atoms with Gasteiger partial charge in [-0.05, 0) is 35.9 Å². The highest BCUT2D eigenvalue weighted by Crippen LogP contribution is 2.35. The second-order valence-corrected chi connectivity index (χ2v) is 4.72. The van der Waals surface area contributed by atoms with Gasteiger partial charge in [0, 0.05) is 5.56 Å². The van der Waals surface area contributed by atoms with Crippen LogP contribution in [0.15, 0.2) is 48.8 Å². The Morgan fingerprint density at radius 3 is 2.57 bits per heavy atom. The molecule has 1 heterocycles. The molecule has 0 saturated heterocycles. The molecule has 0 aliphatic heterocycles. The van der Waals surface area contributed by atoms with E-state index in [9.17, 15) is 17.6 Å². The molecule has 0 aliphatic rings. The maximum absolute atomic E-state index is 13.5. The first kappa shape index (κ1) is 15.0. The third-order valence-electron chi connectivity index (χ3n) is 3.14. The Bertz CT molecular complexity index is 813. The van der Waals surface area contributed by atoms with E-state index in [2.05, 4.69) is 20.5 Å². The molecule has 2 aromatic carbocycles. The average Bonchev–Trinajstić information content (AvgIpc) is 3.00. The predicted molar refractivity (Wildman–Crippen MR) is 76.5 cm³/mol.